The summed E-state index contributed by atoms with van der Waals surface area (Å²) < 4.78 is 25.2. The third kappa shape index (κ3) is 5.67. The van der Waals surface area contributed by atoms with E-state index in [1.807, 2.05) is 37.3 Å². The van der Waals surface area contributed by atoms with Crippen LogP contribution in [-0.2, 0) is 39.9 Å². The van der Waals surface area contributed by atoms with Gasteiger partial charge >= 0.3 is 17.9 Å². The lowest BCUT2D eigenvalue weighted by molar-refractivity contribution is -0.263. The van der Waals surface area contributed by atoms with E-state index < -0.39 is 17.6 Å². The molecule has 0 aromatic heterocycles. The lowest BCUT2D eigenvalue weighted by atomic mass is 9.34. The number of ether oxygens (including phenoxy) is 4. The van der Waals surface area contributed by atoms with Crippen LogP contribution < -0.4 is 0 Å². The van der Waals surface area contributed by atoms with E-state index in [4.69, 9.17) is 18.9 Å². The average molecular weight is 691 g/mol. The Morgan fingerprint density at radius 1 is 0.940 bits per heavy atom. The highest BCUT2D eigenvalue weighted by atomic mass is 16.6. The Kier molecular flexibility index (Phi) is 9.93. The van der Waals surface area contributed by atoms with Gasteiger partial charge in [-0.05, 0) is 90.4 Å². The maximum absolute atomic E-state index is 14.7. The Morgan fingerprint density at radius 3 is 2.32 bits per heavy atom. The Morgan fingerprint density at radius 2 is 1.66 bits per heavy atom. The fourth-order valence-corrected chi connectivity index (χ4v) is 12.3. The van der Waals surface area contributed by atoms with Crippen LogP contribution in [0.15, 0.2) is 42.0 Å². The second-order valence-electron chi connectivity index (χ2n) is 18.1. The van der Waals surface area contributed by atoms with E-state index in [0.29, 0.717) is 44.3 Å². The molecule has 7 nitrogen and oxygen atoms in total. The van der Waals surface area contributed by atoms with Gasteiger partial charge in [0.1, 0.15) is 18.8 Å². The molecule has 1 aromatic rings. The predicted molar refractivity (Wildman–Crippen MR) is 193 cm³/mol. The molecule has 11 atom stereocenters. The molecule has 50 heavy (non-hydrogen) atoms. The third-order valence-electron chi connectivity index (χ3n) is 15.3. The average Bonchev–Trinajstić information content (AvgIpc) is 3.06. The molecule has 1 aliphatic heterocycles. The van der Waals surface area contributed by atoms with Crippen molar-refractivity contribution in [2.75, 3.05) is 13.2 Å². The number of carbonyl (C=O) groups excluding carboxylic acids is 3. The molecule has 1 saturated heterocycles. The minimum Gasteiger partial charge on any atom is -0.461 e. The quantitative estimate of drug-likeness (QED) is 0.145. The molecular formula is C43H62O7. The van der Waals surface area contributed by atoms with Crippen molar-refractivity contribution in [3.8, 4) is 0 Å². The number of hydrogen-bond donors (Lipinski definition) is 0. The fraction of sp³-hybridized carbons (Fsp3) is 0.744. The molecule has 276 valence electrons. The molecule has 0 unspecified atom stereocenters. The standard InChI is InChI=1S/C43H62O7/c1-10-14-35(45)50-37-33(49-29(5)44)23-43-26-47-25-40(37,7)34(43)18-17-31-32(43)19-20-42(9)36(38(46)48-24-30-15-12-11-13-16-30)39(6,28(4)27(2)3)21-22-41(31,42)8/h11-13,15-16,19,27-28,31,33-34,36-37H,10,14,17-18,20-26H2,1-9H3/t28-,31+,33-,34+,36-,37+,39-,40+,41-,42+,43+/m1/s1. The SMILES string of the molecule is CCCC(=O)O[C@H]1[C@H](OC(C)=O)C[C@@]23COC[C@@]1(C)[C@@H]2CC[C@H]1C3=CC[C@@]2(C)[C@H](C(=O)OCc3ccccc3)[C@@](C)([C@H](C)C(C)C)CC[C@]12C. The summed E-state index contributed by atoms with van der Waals surface area (Å²) in [6.45, 7) is 21.0. The number of hydrogen-bond acceptors (Lipinski definition) is 7. The van der Waals surface area contributed by atoms with Crippen molar-refractivity contribution >= 4 is 17.9 Å². The second kappa shape index (κ2) is 13.4. The first-order valence-corrected chi connectivity index (χ1v) is 19.4. The predicted octanol–water partition coefficient (Wildman–Crippen LogP) is 8.88. The van der Waals surface area contributed by atoms with Crippen LogP contribution in [0.4, 0.5) is 0 Å². The highest BCUT2D eigenvalue weighted by molar-refractivity contribution is 5.75. The lowest BCUT2D eigenvalue weighted by Crippen LogP contribution is -2.70. The van der Waals surface area contributed by atoms with E-state index in [-0.39, 0.29) is 63.9 Å². The van der Waals surface area contributed by atoms with E-state index in [2.05, 4.69) is 54.5 Å². The minimum atomic E-state index is -0.554. The minimum absolute atomic E-state index is 0.0705. The summed E-state index contributed by atoms with van der Waals surface area (Å²) in [5.74, 6) is 0.317. The molecule has 3 saturated carbocycles. The maximum atomic E-state index is 14.7. The van der Waals surface area contributed by atoms with Crippen molar-refractivity contribution in [3.05, 3.63) is 47.5 Å². The highest BCUT2D eigenvalue weighted by Crippen LogP contribution is 2.75. The largest absolute Gasteiger partial charge is 0.461 e. The van der Waals surface area contributed by atoms with Crippen molar-refractivity contribution in [1.29, 1.82) is 0 Å². The summed E-state index contributed by atoms with van der Waals surface area (Å²) in [5, 5.41) is 0. The summed E-state index contributed by atoms with van der Waals surface area (Å²) in [7, 11) is 0. The molecule has 0 spiro atoms. The van der Waals surface area contributed by atoms with Gasteiger partial charge in [0.2, 0.25) is 0 Å². The molecular weight excluding hydrogens is 628 g/mol. The Bertz CT molecular complexity index is 1480. The van der Waals surface area contributed by atoms with Gasteiger partial charge in [-0.1, -0.05) is 97.4 Å². The summed E-state index contributed by atoms with van der Waals surface area (Å²) in [4.78, 5) is 40.2. The van der Waals surface area contributed by atoms with Gasteiger partial charge in [0, 0.05) is 24.2 Å². The van der Waals surface area contributed by atoms with Crippen LogP contribution in [0.2, 0.25) is 0 Å². The van der Waals surface area contributed by atoms with E-state index >= 15 is 0 Å². The van der Waals surface area contributed by atoms with Gasteiger partial charge < -0.3 is 18.9 Å². The maximum Gasteiger partial charge on any atom is 0.310 e. The number of esters is 3. The summed E-state index contributed by atoms with van der Waals surface area (Å²) in [6.07, 6.45) is 7.76. The van der Waals surface area contributed by atoms with Gasteiger partial charge in [-0.2, -0.15) is 0 Å². The van der Waals surface area contributed by atoms with E-state index in [1.54, 1.807) is 0 Å². The topological polar surface area (TPSA) is 88.1 Å². The summed E-state index contributed by atoms with van der Waals surface area (Å²) in [6, 6.07) is 10.0. The van der Waals surface area contributed by atoms with Crippen LogP contribution in [0.1, 0.15) is 119 Å². The Balaban J connectivity index is 1.41. The van der Waals surface area contributed by atoms with Gasteiger partial charge in [-0.25, -0.2) is 0 Å². The molecule has 0 N–H and O–H groups in total. The van der Waals surface area contributed by atoms with Crippen LogP contribution in [0, 0.1) is 56.7 Å². The van der Waals surface area contributed by atoms with Gasteiger partial charge in [-0.3, -0.25) is 14.4 Å². The first-order valence-electron chi connectivity index (χ1n) is 19.4. The molecule has 4 fully saturated rings. The van der Waals surface area contributed by atoms with Gasteiger partial charge in [0.25, 0.3) is 0 Å². The zero-order valence-corrected chi connectivity index (χ0v) is 32.1. The Labute approximate surface area is 300 Å². The van der Waals surface area contributed by atoms with Crippen molar-refractivity contribution in [1.82, 2.24) is 0 Å². The van der Waals surface area contributed by atoms with E-state index in [1.165, 1.54) is 12.5 Å². The normalized spacial score (nSPS) is 41.1. The first kappa shape index (κ1) is 37.1. The van der Waals surface area contributed by atoms with Crippen LogP contribution >= 0.6 is 0 Å². The number of carbonyl (C=O) groups is 3. The summed E-state index contributed by atoms with van der Waals surface area (Å²) >= 11 is 0. The number of fused-ring (bicyclic) bond motifs is 3. The molecule has 1 heterocycles. The van der Waals surface area contributed by atoms with Gasteiger partial charge in [0.15, 0.2) is 0 Å². The van der Waals surface area contributed by atoms with E-state index in [9.17, 15) is 14.4 Å². The number of rotatable bonds is 9. The smallest absolute Gasteiger partial charge is 0.310 e. The van der Waals surface area contributed by atoms with Crippen LogP contribution in [-0.4, -0.2) is 43.3 Å². The molecule has 5 aliphatic rings. The van der Waals surface area contributed by atoms with Crippen molar-refractivity contribution < 1.29 is 33.3 Å². The molecule has 0 radical (unpaired) electrons. The Hall–Kier alpha value is -2.67. The molecule has 6 rings (SSSR count). The highest BCUT2D eigenvalue weighted by Gasteiger charge is 2.72. The zero-order valence-electron chi connectivity index (χ0n) is 32.1. The molecule has 0 amide bonds. The van der Waals surface area contributed by atoms with Gasteiger partial charge in [0.05, 0.1) is 19.1 Å². The number of allylic oxidation sites excluding steroid dienone is 1. The van der Waals surface area contributed by atoms with Crippen molar-refractivity contribution in [2.45, 2.75) is 132 Å². The fourth-order valence-electron chi connectivity index (χ4n) is 12.3. The van der Waals surface area contributed by atoms with Gasteiger partial charge in [-0.15, -0.1) is 0 Å². The van der Waals surface area contributed by atoms with Crippen molar-refractivity contribution in [3.63, 3.8) is 0 Å². The van der Waals surface area contributed by atoms with Crippen LogP contribution in [0.5, 0.6) is 0 Å². The van der Waals surface area contributed by atoms with Crippen LogP contribution in [0.3, 0.4) is 0 Å². The summed E-state index contributed by atoms with van der Waals surface area (Å²) in [5.41, 5.74) is 0.911. The van der Waals surface area contributed by atoms with Crippen molar-refractivity contribution in [2.24, 2.45) is 56.7 Å². The monoisotopic (exact) mass is 690 g/mol. The lowest BCUT2D eigenvalue weighted by Gasteiger charge is -2.71. The second-order valence-corrected chi connectivity index (χ2v) is 18.1. The zero-order chi connectivity index (χ0) is 36.3. The molecule has 4 aliphatic carbocycles. The molecule has 2 bridgehead atoms. The molecule has 1 aromatic carbocycles. The molecule has 7 heteroatoms. The number of benzene rings is 1. The third-order valence-corrected chi connectivity index (χ3v) is 15.3. The van der Waals surface area contributed by atoms with E-state index in [0.717, 1.165) is 37.7 Å². The first-order chi connectivity index (χ1) is 23.6. The van der Waals surface area contributed by atoms with Crippen LogP contribution in [0.25, 0.3) is 0 Å².